The first-order valence-electron chi connectivity index (χ1n) is 8.06. The first-order valence-corrected chi connectivity index (χ1v) is 8.06. The second-order valence-electron chi connectivity index (χ2n) is 6.26. The molecule has 1 saturated carbocycles. The van der Waals surface area contributed by atoms with Crippen molar-refractivity contribution in [3.8, 4) is 5.75 Å². The zero-order valence-electron chi connectivity index (χ0n) is 12.8. The molecule has 122 valence electrons. The van der Waals surface area contributed by atoms with Crippen LogP contribution in [-0.4, -0.2) is 35.1 Å². The van der Waals surface area contributed by atoms with E-state index in [-0.39, 0.29) is 23.1 Å². The van der Waals surface area contributed by atoms with E-state index < -0.39 is 19.0 Å². The standard InChI is InChI=1S/C16H20BNO5/c19-15(10-5-2-1-3-6-10)18-13-9-11-7-4-8-12(16(20)21)14(11)23-17(13)22/h4,7-8,10,13,22H,1-3,5-6,9H2,(H,18,19)(H,20,21)/t13-/m0/s1. The van der Waals surface area contributed by atoms with E-state index in [9.17, 15) is 19.7 Å². The first-order chi connectivity index (χ1) is 11.1. The molecule has 1 aromatic rings. The molecule has 23 heavy (non-hydrogen) atoms. The molecular weight excluding hydrogens is 297 g/mol. The van der Waals surface area contributed by atoms with Crippen molar-refractivity contribution in [3.63, 3.8) is 0 Å². The highest BCUT2D eigenvalue weighted by Gasteiger charge is 2.38. The van der Waals surface area contributed by atoms with Gasteiger partial charge in [-0.15, -0.1) is 0 Å². The Morgan fingerprint density at radius 1 is 1.22 bits per heavy atom. The zero-order valence-corrected chi connectivity index (χ0v) is 12.8. The molecule has 1 heterocycles. The normalized spacial score (nSPS) is 21.3. The highest BCUT2D eigenvalue weighted by Crippen LogP contribution is 2.30. The van der Waals surface area contributed by atoms with Crippen LogP contribution in [-0.2, 0) is 11.2 Å². The molecule has 3 rings (SSSR count). The monoisotopic (exact) mass is 317 g/mol. The number of hydrogen-bond donors (Lipinski definition) is 3. The Bertz CT molecular complexity index is 614. The van der Waals surface area contributed by atoms with E-state index in [1.807, 2.05) is 0 Å². The van der Waals surface area contributed by atoms with Gasteiger partial charge >= 0.3 is 13.1 Å². The van der Waals surface area contributed by atoms with Crippen molar-refractivity contribution < 1.29 is 24.4 Å². The van der Waals surface area contributed by atoms with Gasteiger partial charge in [0.25, 0.3) is 0 Å². The Labute approximate surface area is 135 Å². The number of amides is 1. The highest BCUT2D eigenvalue weighted by atomic mass is 16.5. The van der Waals surface area contributed by atoms with Crippen LogP contribution in [0.15, 0.2) is 18.2 Å². The van der Waals surface area contributed by atoms with Crippen LogP contribution < -0.4 is 9.97 Å². The van der Waals surface area contributed by atoms with Gasteiger partial charge in [0, 0.05) is 5.92 Å². The van der Waals surface area contributed by atoms with E-state index in [0.29, 0.717) is 12.0 Å². The topological polar surface area (TPSA) is 95.9 Å². The molecule has 7 heteroatoms. The van der Waals surface area contributed by atoms with Gasteiger partial charge in [0.15, 0.2) is 0 Å². The van der Waals surface area contributed by atoms with Crippen LogP contribution in [0, 0.1) is 5.92 Å². The van der Waals surface area contributed by atoms with Crippen LogP contribution in [0.2, 0.25) is 0 Å². The largest absolute Gasteiger partial charge is 0.547 e. The Hall–Kier alpha value is -2.02. The Morgan fingerprint density at radius 3 is 2.65 bits per heavy atom. The van der Waals surface area contributed by atoms with Gasteiger partial charge in [0.2, 0.25) is 5.91 Å². The minimum absolute atomic E-state index is 0.00250. The van der Waals surface area contributed by atoms with Crippen LogP contribution in [0.25, 0.3) is 0 Å². The van der Waals surface area contributed by atoms with E-state index in [2.05, 4.69) is 5.32 Å². The minimum atomic E-state index is -1.24. The van der Waals surface area contributed by atoms with Gasteiger partial charge in [-0.25, -0.2) is 4.79 Å². The van der Waals surface area contributed by atoms with Gasteiger partial charge in [-0.2, -0.15) is 0 Å². The number of carbonyl (C=O) groups is 2. The molecule has 2 aliphatic rings. The minimum Gasteiger partial charge on any atom is -0.534 e. The van der Waals surface area contributed by atoms with Gasteiger partial charge < -0.3 is 20.1 Å². The number of fused-ring (bicyclic) bond motifs is 1. The van der Waals surface area contributed by atoms with Crippen LogP contribution >= 0.6 is 0 Å². The van der Waals surface area contributed by atoms with Crippen molar-refractivity contribution >= 4 is 19.0 Å². The summed E-state index contributed by atoms with van der Waals surface area (Å²) in [7, 11) is -1.24. The van der Waals surface area contributed by atoms with Gasteiger partial charge in [0.1, 0.15) is 5.75 Å². The van der Waals surface area contributed by atoms with Crippen molar-refractivity contribution in [2.24, 2.45) is 5.92 Å². The van der Waals surface area contributed by atoms with E-state index in [4.69, 9.17) is 4.65 Å². The molecule has 1 amide bonds. The maximum absolute atomic E-state index is 12.3. The summed E-state index contributed by atoms with van der Waals surface area (Å²) < 4.78 is 5.39. The summed E-state index contributed by atoms with van der Waals surface area (Å²) in [6.07, 6.45) is 5.42. The number of carboxylic acids is 1. The second kappa shape index (κ2) is 6.62. The maximum Gasteiger partial charge on any atom is 0.547 e. The van der Waals surface area contributed by atoms with Gasteiger partial charge in [-0.3, -0.25) is 4.79 Å². The number of para-hydroxylation sites is 1. The average molecular weight is 317 g/mol. The number of hydrogen-bond acceptors (Lipinski definition) is 4. The SMILES string of the molecule is O=C(O)c1cccc2c1OB(O)[C@@H](NC(=O)C1CCCCC1)C2. The summed E-state index contributed by atoms with van der Waals surface area (Å²) in [6.45, 7) is 0. The Morgan fingerprint density at radius 2 is 1.96 bits per heavy atom. The van der Waals surface area contributed by atoms with Crippen molar-refractivity contribution in [3.05, 3.63) is 29.3 Å². The van der Waals surface area contributed by atoms with E-state index in [1.54, 1.807) is 12.1 Å². The fraction of sp³-hybridized carbons (Fsp3) is 0.500. The third kappa shape index (κ3) is 3.34. The molecule has 1 atom stereocenters. The van der Waals surface area contributed by atoms with Crippen molar-refractivity contribution in [2.75, 3.05) is 0 Å². The Balaban J connectivity index is 1.72. The smallest absolute Gasteiger partial charge is 0.534 e. The molecule has 1 fully saturated rings. The second-order valence-corrected chi connectivity index (χ2v) is 6.26. The molecule has 1 aliphatic carbocycles. The van der Waals surface area contributed by atoms with Crippen LogP contribution in [0.4, 0.5) is 0 Å². The number of rotatable bonds is 3. The molecule has 1 aliphatic heterocycles. The summed E-state index contributed by atoms with van der Waals surface area (Å²) in [6, 6.07) is 4.84. The van der Waals surface area contributed by atoms with Crippen LogP contribution in [0.3, 0.4) is 0 Å². The fourth-order valence-electron chi connectivity index (χ4n) is 3.38. The molecule has 0 spiro atoms. The van der Waals surface area contributed by atoms with E-state index in [1.165, 1.54) is 12.5 Å². The summed E-state index contributed by atoms with van der Waals surface area (Å²) in [4.78, 5) is 23.5. The molecule has 0 saturated heterocycles. The molecule has 0 radical (unpaired) electrons. The summed E-state index contributed by atoms with van der Waals surface area (Å²) in [5.74, 6) is -1.51. The number of aromatic carboxylic acids is 1. The highest BCUT2D eigenvalue weighted by molar-refractivity contribution is 6.47. The lowest BCUT2D eigenvalue weighted by atomic mass is 9.72. The van der Waals surface area contributed by atoms with E-state index in [0.717, 1.165) is 25.7 Å². The van der Waals surface area contributed by atoms with Crippen molar-refractivity contribution in [2.45, 2.75) is 44.5 Å². The van der Waals surface area contributed by atoms with E-state index >= 15 is 0 Å². The molecule has 3 N–H and O–H groups in total. The molecule has 6 nitrogen and oxygen atoms in total. The number of carbonyl (C=O) groups excluding carboxylic acids is 1. The average Bonchev–Trinajstić information content (AvgIpc) is 2.55. The molecule has 1 aromatic carbocycles. The third-order valence-electron chi connectivity index (χ3n) is 4.65. The van der Waals surface area contributed by atoms with Crippen LogP contribution in [0.1, 0.15) is 48.0 Å². The van der Waals surface area contributed by atoms with Gasteiger partial charge in [0.05, 0.1) is 11.5 Å². The summed E-state index contributed by atoms with van der Waals surface area (Å²) in [5, 5.41) is 22.2. The van der Waals surface area contributed by atoms with Crippen molar-refractivity contribution in [1.29, 1.82) is 0 Å². The lowest BCUT2D eigenvalue weighted by Gasteiger charge is -2.30. The maximum atomic E-state index is 12.3. The number of nitrogens with one attached hydrogen (secondary N) is 1. The third-order valence-corrected chi connectivity index (χ3v) is 4.65. The zero-order chi connectivity index (χ0) is 16.4. The molecule has 0 unspecified atom stereocenters. The molecule has 0 aromatic heterocycles. The van der Waals surface area contributed by atoms with Gasteiger partial charge in [-0.1, -0.05) is 31.4 Å². The number of benzene rings is 1. The van der Waals surface area contributed by atoms with Crippen molar-refractivity contribution in [1.82, 2.24) is 5.32 Å². The quantitative estimate of drug-likeness (QED) is 0.733. The summed E-state index contributed by atoms with van der Waals surface area (Å²) in [5.41, 5.74) is 0.711. The lowest BCUT2D eigenvalue weighted by Crippen LogP contribution is -2.54. The predicted octanol–water partition coefficient (Wildman–Crippen LogP) is 1.40. The Kier molecular flexibility index (Phi) is 4.57. The summed E-state index contributed by atoms with van der Waals surface area (Å²) >= 11 is 0. The lowest BCUT2D eigenvalue weighted by molar-refractivity contribution is -0.126. The predicted molar refractivity (Wildman–Crippen MR) is 84.2 cm³/mol. The first kappa shape index (κ1) is 15.9. The van der Waals surface area contributed by atoms with Crippen LogP contribution in [0.5, 0.6) is 5.75 Å². The number of carboxylic acid groups (broad SMARTS) is 1. The van der Waals surface area contributed by atoms with Gasteiger partial charge in [-0.05, 0) is 30.9 Å². The fourth-order valence-corrected chi connectivity index (χ4v) is 3.38. The molecular formula is C16H20BNO5. The molecule has 0 bridgehead atoms.